The van der Waals surface area contributed by atoms with E-state index in [0.717, 1.165) is 17.1 Å². The van der Waals surface area contributed by atoms with Crippen molar-refractivity contribution in [3.63, 3.8) is 0 Å². The lowest BCUT2D eigenvalue weighted by atomic mass is 10.3. The number of rotatable bonds is 5. The van der Waals surface area contributed by atoms with Crippen molar-refractivity contribution in [2.24, 2.45) is 0 Å². The molecule has 1 atom stereocenters. The monoisotopic (exact) mass is 260 g/mol. The molecule has 0 amide bonds. The molecule has 2 aromatic rings. The minimum Gasteiger partial charge on any atom is -0.456 e. The smallest absolute Gasteiger partial charge is 0.143 e. The highest BCUT2D eigenvalue weighted by Crippen LogP contribution is 2.27. The van der Waals surface area contributed by atoms with Gasteiger partial charge in [-0.3, -0.25) is 4.21 Å². The highest BCUT2D eigenvalue weighted by atomic mass is 32.2. The molecule has 2 nitrogen and oxygen atoms in total. The normalized spacial score (nSPS) is 12.1. The maximum Gasteiger partial charge on any atom is 0.143 e. The van der Waals surface area contributed by atoms with Gasteiger partial charge in [0.05, 0.1) is 15.7 Å². The molecule has 2 aromatic carbocycles. The number of ether oxygens (including phenoxy) is 1. The lowest BCUT2D eigenvalue weighted by Gasteiger charge is -2.10. The van der Waals surface area contributed by atoms with E-state index in [9.17, 15) is 4.21 Å². The van der Waals surface area contributed by atoms with E-state index in [2.05, 4.69) is 0 Å². The standard InChI is InChI=1S/C15H16O2S/c1-2-12-18(16)15-11-7-6-10-14(15)17-13-8-4-3-5-9-13/h3-11H,2,12H2,1H3. The van der Waals surface area contributed by atoms with Crippen LogP contribution in [0.25, 0.3) is 0 Å². The predicted molar refractivity (Wildman–Crippen MR) is 74.5 cm³/mol. The average molecular weight is 260 g/mol. The van der Waals surface area contributed by atoms with Crippen LogP contribution in [-0.4, -0.2) is 9.96 Å². The van der Waals surface area contributed by atoms with Gasteiger partial charge in [-0.05, 0) is 30.7 Å². The minimum atomic E-state index is -0.994. The number of hydrogen-bond acceptors (Lipinski definition) is 2. The first-order valence-corrected chi connectivity index (χ1v) is 7.33. The predicted octanol–water partition coefficient (Wildman–Crippen LogP) is 4.00. The summed E-state index contributed by atoms with van der Waals surface area (Å²) in [5.41, 5.74) is 0. The Hall–Kier alpha value is -1.61. The van der Waals surface area contributed by atoms with Crippen LogP contribution < -0.4 is 4.74 Å². The third kappa shape index (κ3) is 3.20. The van der Waals surface area contributed by atoms with Crippen molar-refractivity contribution in [3.05, 3.63) is 54.6 Å². The van der Waals surface area contributed by atoms with Crippen molar-refractivity contribution in [1.82, 2.24) is 0 Å². The fourth-order valence-electron chi connectivity index (χ4n) is 1.63. The van der Waals surface area contributed by atoms with Crippen LogP contribution in [0.5, 0.6) is 11.5 Å². The summed E-state index contributed by atoms with van der Waals surface area (Å²) in [5, 5.41) is 0. The molecule has 0 radical (unpaired) electrons. The lowest BCUT2D eigenvalue weighted by Crippen LogP contribution is -1.99. The van der Waals surface area contributed by atoms with E-state index < -0.39 is 10.8 Å². The van der Waals surface area contributed by atoms with Crippen molar-refractivity contribution in [2.45, 2.75) is 18.2 Å². The third-order valence-electron chi connectivity index (χ3n) is 2.45. The molecule has 0 saturated heterocycles. The molecule has 0 saturated carbocycles. The Kier molecular flexibility index (Phi) is 4.53. The molecule has 18 heavy (non-hydrogen) atoms. The molecule has 94 valence electrons. The number of hydrogen-bond donors (Lipinski definition) is 0. The van der Waals surface area contributed by atoms with Gasteiger partial charge in [0.15, 0.2) is 0 Å². The molecule has 2 rings (SSSR count). The Morgan fingerprint density at radius 3 is 2.39 bits per heavy atom. The van der Waals surface area contributed by atoms with E-state index in [1.54, 1.807) is 0 Å². The van der Waals surface area contributed by atoms with Crippen molar-refractivity contribution in [2.75, 3.05) is 5.75 Å². The molecule has 0 spiro atoms. The van der Waals surface area contributed by atoms with Gasteiger partial charge in [-0.1, -0.05) is 37.3 Å². The molecule has 3 heteroatoms. The van der Waals surface area contributed by atoms with Crippen molar-refractivity contribution < 1.29 is 8.95 Å². The second-order valence-electron chi connectivity index (χ2n) is 3.91. The van der Waals surface area contributed by atoms with Crippen LogP contribution in [0.1, 0.15) is 13.3 Å². The summed E-state index contributed by atoms with van der Waals surface area (Å²) in [7, 11) is -0.994. The van der Waals surface area contributed by atoms with Crippen molar-refractivity contribution in [3.8, 4) is 11.5 Å². The largest absolute Gasteiger partial charge is 0.456 e. The zero-order valence-electron chi connectivity index (χ0n) is 10.3. The fourth-order valence-corrected chi connectivity index (χ4v) is 2.79. The minimum absolute atomic E-state index is 0.662. The summed E-state index contributed by atoms with van der Waals surface area (Å²) in [5.74, 6) is 2.10. The van der Waals surface area contributed by atoms with Crippen LogP contribution in [0.3, 0.4) is 0 Å². The van der Waals surface area contributed by atoms with Crippen LogP contribution in [0.2, 0.25) is 0 Å². The van der Waals surface area contributed by atoms with Crippen LogP contribution in [0.4, 0.5) is 0 Å². The van der Waals surface area contributed by atoms with Gasteiger partial charge in [-0.15, -0.1) is 0 Å². The summed E-state index contributed by atoms with van der Waals surface area (Å²) in [6.07, 6.45) is 0.895. The van der Waals surface area contributed by atoms with Crippen LogP contribution >= 0.6 is 0 Å². The first-order valence-electron chi connectivity index (χ1n) is 6.01. The molecule has 0 aliphatic rings. The van der Waals surface area contributed by atoms with E-state index in [0.29, 0.717) is 11.5 Å². The lowest BCUT2D eigenvalue weighted by molar-refractivity contribution is 0.470. The molecular weight excluding hydrogens is 244 g/mol. The molecule has 0 fully saturated rings. The van der Waals surface area contributed by atoms with E-state index in [1.807, 2.05) is 61.5 Å². The van der Waals surface area contributed by atoms with Gasteiger partial charge in [-0.25, -0.2) is 0 Å². The van der Waals surface area contributed by atoms with Crippen molar-refractivity contribution in [1.29, 1.82) is 0 Å². The maximum atomic E-state index is 12.1. The third-order valence-corrected chi connectivity index (χ3v) is 4.06. The average Bonchev–Trinajstić information content (AvgIpc) is 2.41. The Morgan fingerprint density at radius 1 is 1.00 bits per heavy atom. The highest BCUT2D eigenvalue weighted by molar-refractivity contribution is 7.85. The Bertz CT molecular complexity index is 523. The van der Waals surface area contributed by atoms with E-state index in [4.69, 9.17) is 4.74 Å². The highest BCUT2D eigenvalue weighted by Gasteiger charge is 2.10. The van der Waals surface area contributed by atoms with Gasteiger partial charge >= 0.3 is 0 Å². The van der Waals surface area contributed by atoms with E-state index >= 15 is 0 Å². The van der Waals surface area contributed by atoms with Gasteiger partial charge in [0.25, 0.3) is 0 Å². The second kappa shape index (κ2) is 6.36. The molecule has 0 aliphatic heterocycles. The Morgan fingerprint density at radius 2 is 1.67 bits per heavy atom. The number of benzene rings is 2. The molecule has 0 N–H and O–H groups in total. The summed E-state index contributed by atoms with van der Waals surface area (Å²) >= 11 is 0. The van der Waals surface area contributed by atoms with Crippen molar-refractivity contribution >= 4 is 10.8 Å². The molecule has 0 bridgehead atoms. The zero-order chi connectivity index (χ0) is 12.8. The second-order valence-corrected chi connectivity index (χ2v) is 5.45. The summed E-state index contributed by atoms with van der Waals surface area (Å²) in [4.78, 5) is 0.767. The molecule has 0 aliphatic carbocycles. The van der Waals surface area contributed by atoms with E-state index in [1.165, 1.54) is 0 Å². The van der Waals surface area contributed by atoms with Gasteiger partial charge in [0, 0.05) is 5.75 Å². The fraction of sp³-hybridized carbons (Fsp3) is 0.200. The Balaban J connectivity index is 2.25. The maximum absolute atomic E-state index is 12.1. The van der Waals surface area contributed by atoms with Gasteiger partial charge in [0.1, 0.15) is 11.5 Å². The van der Waals surface area contributed by atoms with Gasteiger partial charge < -0.3 is 4.74 Å². The SMILES string of the molecule is CCCS(=O)c1ccccc1Oc1ccccc1. The topological polar surface area (TPSA) is 26.3 Å². The summed E-state index contributed by atoms with van der Waals surface area (Å²) in [6.45, 7) is 2.03. The van der Waals surface area contributed by atoms with Gasteiger partial charge in [0.2, 0.25) is 0 Å². The molecule has 0 heterocycles. The van der Waals surface area contributed by atoms with Crippen LogP contribution in [0.15, 0.2) is 59.5 Å². The first-order chi connectivity index (χ1) is 8.81. The molecule has 0 aromatic heterocycles. The quantitative estimate of drug-likeness (QED) is 0.812. The Labute approximate surface area is 110 Å². The van der Waals surface area contributed by atoms with E-state index in [-0.39, 0.29) is 0 Å². The first kappa shape index (κ1) is 12.8. The summed E-state index contributed by atoms with van der Waals surface area (Å²) in [6, 6.07) is 17.1. The summed E-state index contributed by atoms with van der Waals surface area (Å²) < 4.78 is 17.9. The van der Waals surface area contributed by atoms with Gasteiger partial charge in [-0.2, -0.15) is 0 Å². The number of para-hydroxylation sites is 2. The van der Waals surface area contributed by atoms with Crippen LogP contribution in [-0.2, 0) is 10.8 Å². The van der Waals surface area contributed by atoms with Crippen LogP contribution in [0, 0.1) is 0 Å². The molecule has 1 unspecified atom stereocenters. The zero-order valence-corrected chi connectivity index (χ0v) is 11.2. The molecular formula is C15H16O2S.